The normalized spacial score (nSPS) is 15.3. The van der Waals surface area contributed by atoms with E-state index in [2.05, 4.69) is 45.1 Å². The van der Waals surface area contributed by atoms with Crippen molar-refractivity contribution in [1.29, 1.82) is 0 Å². The van der Waals surface area contributed by atoms with Gasteiger partial charge in [0.25, 0.3) is 0 Å². The van der Waals surface area contributed by atoms with Crippen molar-refractivity contribution in [3.63, 3.8) is 0 Å². The third-order valence-electron chi connectivity index (χ3n) is 5.75. The Kier molecular flexibility index (Phi) is 6.35. The van der Waals surface area contributed by atoms with Gasteiger partial charge >= 0.3 is 0 Å². The molecule has 0 saturated carbocycles. The van der Waals surface area contributed by atoms with Crippen LogP contribution in [-0.4, -0.2) is 62.3 Å². The lowest BCUT2D eigenvalue weighted by molar-refractivity contribution is 0.121. The van der Waals surface area contributed by atoms with Gasteiger partial charge in [-0.3, -0.25) is 14.8 Å². The average Bonchev–Trinajstić information content (AvgIpc) is 2.80. The lowest BCUT2D eigenvalue weighted by Gasteiger charge is -2.35. The van der Waals surface area contributed by atoms with Crippen LogP contribution in [-0.2, 0) is 13.1 Å². The van der Waals surface area contributed by atoms with E-state index in [0.29, 0.717) is 11.5 Å². The maximum Gasteiger partial charge on any atom is 0.203 e. The number of para-hydroxylation sites is 1. The number of hydrogen-bond donors (Lipinski definition) is 0. The van der Waals surface area contributed by atoms with Crippen LogP contribution in [0.3, 0.4) is 0 Å². The van der Waals surface area contributed by atoms with Gasteiger partial charge in [0.15, 0.2) is 11.5 Å². The van der Waals surface area contributed by atoms with Crippen LogP contribution in [0.25, 0.3) is 10.9 Å². The van der Waals surface area contributed by atoms with Crippen molar-refractivity contribution in [2.45, 2.75) is 13.1 Å². The van der Waals surface area contributed by atoms with E-state index >= 15 is 0 Å². The summed E-state index contributed by atoms with van der Waals surface area (Å²) in [6, 6.07) is 14.6. The number of hydrogen-bond acceptors (Lipinski definition) is 6. The molecule has 0 amide bonds. The molecule has 1 saturated heterocycles. The lowest BCUT2D eigenvalue weighted by atomic mass is 10.1. The summed E-state index contributed by atoms with van der Waals surface area (Å²) < 4.78 is 16.6. The van der Waals surface area contributed by atoms with Crippen molar-refractivity contribution < 1.29 is 14.2 Å². The summed E-state index contributed by atoms with van der Waals surface area (Å²) in [7, 11) is 4.96. The quantitative estimate of drug-likeness (QED) is 0.597. The summed E-state index contributed by atoms with van der Waals surface area (Å²) in [4.78, 5) is 9.56. The van der Waals surface area contributed by atoms with Crippen LogP contribution in [0.15, 0.2) is 48.7 Å². The van der Waals surface area contributed by atoms with Gasteiger partial charge in [-0.15, -0.1) is 0 Å². The van der Waals surface area contributed by atoms with Gasteiger partial charge in [-0.1, -0.05) is 30.3 Å². The smallest absolute Gasteiger partial charge is 0.203 e. The summed E-state index contributed by atoms with van der Waals surface area (Å²) in [5.74, 6) is 2.09. The van der Waals surface area contributed by atoms with Crippen molar-refractivity contribution in [3.8, 4) is 17.2 Å². The molecular formula is C24H29N3O3. The Labute approximate surface area is 178 Å². The minimum Gasteiger partial charge on any atom is -0.493 e. The van der Waals surface area contributed by atoms with E-state index in [9.17, 15) is 0 Å². The molecule has 1 aromatic heterocycles. The first-order valence-corrected chi connectivity index (χ1v) is 10.3. The first kappa shape index (κ1) is 20.4. The molecule has 0 aliphatic carbocycles. The monoisotopic (exact) mass is 407 g/mol. The number of piperazine rings is 1. The zero-order chi connectivity index (χ0) is 20.9. The fourth-order valence-corrected chi connectivity index (χ4v) is 4.17. The summed E-state index contributed by atoms with van der Waals surface area (Å²) >= 11 is 0. The molecule has 0 bridgehead atoms. The number of ether oxygens (including phenoxy) is 3. The molecule has 0 unspecified atom stereocenters. The highest BCUT2D eigenvalue weighted by atomic mass is 16.5. The van der Waals surface area contributed by atoms with E-state index in [-0.39, 0.29) is 0 Å². The molecule has 0 radical (unpaired) electrons. The summed E-state index contributed by atoms with van der Waals surface area (Å²) in [6.45, 7) is 5.83. The minimum absolute atomic E-state index is 0.652. The predicted octanol–water partition coefficient (Wildman–Crippen LogP) is 3.58. The zero-order valence-corrected chi connectivity index (χ0v) is 17.9. The number of rotatable bonds is 7. The fraction of sp³-hybridized carbons (Fsp3) is 0.375. The van der Waals surface area contributed by atoms with Gasteiger partial charge in [-0.2, -0.15) is 0 Å². The summed E-state index contributed by atoms with van der Waals surface area (Å²) in [6.07, 6.45) is 1.88. The molecule has 158 valence electrons. The van der Waals surface area contributed by atoms with E-state index in [4.69, 9.17) is 14.2 Å². The molecular weight excluding hydrogens is 378 g/mol. The number of fused-ring (bicyclic) bond motifs is 1. The minimum atomic E-state index is 0.652. The zero-order valence-electron chi connectivity index (χ0n) is 17.9. The van der Waals surface area contributed by atoms with Crippen molar-refractivity contribution >= 4 is 10.9 Å². The topological polar surface area (TPSA) is 47.1 Å². The van der Waals surface area contributed by atoms with E-state index in [1.165, 1.54) is 10.9 Å². The third-order valence-corrected chi connectivity index (χ3v) is 5.75. The first-order chi connectivity index (χ1) is 14.7. The van der Waals surface area contributed by atoms with Gasteiger partial charge in [-0.25, -0.2) is 0 Å². The van der Waals surface area contributed by atoms with E-state index < -0.39 is 0 Å². The Morgan fingerprint density at radius 3 is 2.07 bits per heavy atom. The molecule has 1 aliphatic heterocycles. The van der Waals surface area contributed by atoms with Crippen LogP contribution < -0.4 is 14.2 Å². The number of pyridine rings is 1. The van der Waals surface area contributed by atoms with Crippen molar-refractivity contribution in [2.75, 3.05) is 47.5 Å². The Hall–Kier alpha value is -2.83. The van der Waals surface area contributed by atoms with Crippen molar-refractivity contribution in [1.82, 2.24) is 14.8 Å². The Balaban J connectivity index is 1.40. The van der Waals surface area contributed by atoms with E-state index in [0.717, 1.165) is 56.1 Å². The Morgan fingerprint density at radius 2 is 1.40 bits per heavy atom. The molecule has 0 N–H and O–H groups in total. The van der Waals surface area contributed by atoms with Crippen molar-refractivity contribution in [2.24, 2.45) is 0 Å². The lowest BCUT2D eigenvalue weighted by Crippen LogP contribution is -2.45. The van der Waals surface area contributed by atoms with Crippen LogP contribution in [0.5, 0.6) is 17.2 Å². The second kappa shape index (κ2) is 9.32. The maximum absolute atomic E-state index is 5.64. The van der Waals surface area contributed by atoms with Gasteiger partial charge in [0.1, 0.15) is 0 Å². The molecule has 6 heteroatoms. The van der Waals surface area contributed by atoms with Crippen LogP contribution in [0.4, 0.5) is 0 Å². The molecule has 0 spiro atoms. The Morgan fingerprint density at radius 1 is 0.733 bits per heavy atom. The van der Waals surface area contributed by atoms with Crippen LogP contribution in [0, 0.1) is 0 Å². The van der Waals surface area contributed by atoms with E-state index in [1.54, 1.807) is 21.3 Å². The highest BCUT2D eigenvalue weighted by Crippen LogP contribution is 2.40. The van der Waals surface area contributed by atoms with Gasteiger partial charge < -0.3 is 14.2 Å². The number of aromatic nitrogens is 1. The fourth-order valence-electron chi connectivity index (χ4n) is 4.17. The molecule has 2 aromatic carbocycles. The maximum atomic E-state index is 5.64. The average molecular weight is 408 g/mol. The van der Waals surface area contributed by atoms with Gasteiger partial charge in [-0.05, 0) is 17.7 Å². The molecule has 3 aromatic rings. The molecule has 2 heterocycles. The molecule has 30 heavy (non-hydrogen) atoms. The van der Waals surface area contributed by atoms with Crippen LogP contribution in [0.1, 0.15) is 11.1 Å². The second-order valence-electron chi connectivity index (χ2n) is 7.54. The number of benzene rings is 2. The SMILES string of the molecule is COc1ccc(CN2CCN(Cc3cccc4cccnc34)CC2)c(OC)c1OC. The Bertz CT molecular complexity index is 995. The van der Waals surface area contributed by atoms with E-state index in [1.807, 2.05) is 18.3 Å². The molecule has 1 fully saturated rings. The second-order valence-corrected chi connectivity index (χ2v) is 7.54. The summed E-state index contributed by atoms with van der Waals surface area (Å²) in [5.41, 5.74) is 3.52. The highest BCUT2D eigenvalue weighted by molar-refractivity contribution is 5.81. The standard InChI is InChI=1S/C24H29N3O3/c1-28-21-10-9-20(23(29-2)24(21)30-3)17-27-14-12-26(13-15-27)16-19-7-4-6-18-8-5-11-25-22(18)19/h4-11H,12-17H2,1-3H3. The molecule has 1 aliphatic rings. The number of methoxy groups -OCH3 is 3. The van der Waals surface area contributed by atoms with Gasteiger partial charge in [0.2, 0.25) is 5.75 Å². The highest BCUT2D eigenvalue weighted by Gasteiger charge is 2.21. The third kappa shape index (κ3) is 4.20. The number of nitrogens with zero attached hydrogens (tertiary/aromatic N) is 3. The molecule has 6 nitrogen and oxygen atoms in total. The van der Waals surface area contributed by atoms with Crippen LogP contribution in [0.2, 0.25) is 0 Å². The van der Waals surface area contributed by atoms with Gasteiger partial charge in [0.05, 0.1) is 26.8 Å². The molecule has 0 atom stereocenters. The van der Waals surface area contributed by atoms with Gasteiger partial charge in [0, 0.05) is 56.4 Å². The summed E-state index contributed by atoms with van der Waals surface area (Å²) in [5, 5.41) is 1.20. The molecule has 4 rings (SSSR count). The largest absolute Gasteiger partial charge is 0.493 e. The van der Waals surface area contributed by atoms with Crippen LogP contribution >= 0.6 is 0 Å². The first-order valence-electron chi connectivity index (χ1n) is 10.3. The predicted molar refractivity (Wildman–Crippen MR) is 118 cm³/mol. The van der Waals surface area contributed by atoms with Crippen molar-refractivity contribution in [3.05, 3.63) is 59.8 Å².